The van der Waals surface area contributed by atoms with Crippen molar-refractivity contribution in [2.45, 2.75) is 9.79 Å². The van der Waals surface area contributed by atoms with Crippen LogP contribution in [0.4, 0.5) is 0 Å². The zero-order valence-electron chi connectivity index (χ0n) is 12.0. The van der Waals surface area contributed by atoms with Crippen molar-refractivity contribution in [3.05, 3.63) is 91.0 Å². The van der Waals surface area contributed by atoms with E-state index in [4.69, 9.17) is 4.65 Å². The Morgan fingerprint density at radius 1 is 0.545 bits per heavy atom. The molecule has 0 saturated heterocycles. The highest BCUT2D eigenvalue weighted by molar-refractivity contribution is 8.53. The molecular weight excluding hydrogens is 307 g/mol. The van der Waals surface area contributed by atoms with Crippen molar-refractivity contribution in [2.75, 3.05) is 0 Å². The Kier molecular flexibility index (Phi) is 5.51. The molecule has 0 spiro atoms. The third-order valence-corrected chi connectivity index (χ3v) is 5.17. The molecular formula is C18H15BOS2. The molecule has 3 rings (SSSR count). The third-order valence-electron chi connectivity index (χ3n) is 2.93. The SMILES string of the molecule is c1ccc(OB(Sc2ccccc2)Sc2ccccc2)cc1. The van der Waals surface area contributed by atoms with Gasteiger partial charge in [-0.25, -0.2) is 0 Å². The quantitative estimate of drug-likeness (QED) is 0.544. The van der Waals surface area contributed by atoms with Gasteiger partial charge in [-0.3, -0.25) is 0 Å². The van der Waals surface area contributed by atoms with E-state index in [0.29, 0.717) is 0 Å². The molecule has 3 aromatic carbocycles. The average Bonchev–Trinajstić information content (AvgIpc) is 2.57. The average molecular weight is 322 g/mol. The largest absolute Gasteiger partial charge is 0.541 e. The Bertz CT molecular complexity index is 579. The van der Waals surface area contributed by atoms with Crippen LogP contribution < -0.4 is 4.65 Å². The van der Waals surface area contributed by atoms with Crippen molar-refractivity contribution in [1.82, 2.24) is 0 Å². The minimum Gasteiger partial charge on any atom is -0.541 e. The van der Waals surface area contributed by atoms with Crippen LogP contribution >= 0.6 is 23.2 Å². The Labute approximate surface area is 140 Å². The third kappa shape index (κ3) is 4.62. The first kappa shape index (κ1) is 15.1. The van der Waals surface area contributed by atoms with Gasteiger partial charge in [-0.2, -0.15) is 0 Å². The molecule has 0 amide bonds. The lowest BCUT2D eigenvalue weighted by Gasteiger charge is -2.15. The fraction of sp³-hybridized carbons (Fsp3) is 0. The van der Waals surface area contributed by atoms with Crippen LogP contribution in [0, 0.1) is 0 Å². The van der Waals surface area contributed by atoms with E-state index < -0.39 is 0 Å². The molecule has 0 N–H and O–H groups in total. The first-order valence-electron chi connectivity index (χ1n) is 7.05. The van der Waals surface area contributed by atoms with Gasteiger partial charge in [-0.1, -0.05) is 54.6 Å². The molecule has 0 bridgehead atoms. The summed E-state index contributed by atoms with van der Waals surface area (Å²) in [6.07, 6.45) is 0. The summed E-state index contributed by atoms with van der Waals surface area (Å²) in [7, 11) is 0. The summed E-state index contributed by atoms with van der Waals surface area (Å²) < 4.78 is 6.15. The summed E-state index contributed by atoms with van der Waals surface area (Å²) in [5.41, 5.74) is -0.0350. The van der Waals surface area contributed by atoms with Crippen molar-refractivity contribution in [3.63, 3.8) is 0 Å². The van der Waals surface area contributed by atoms with Gasteiger partial charge < -0.3 is 4.65 Å². The van der Waals surface area contributed by atoms with E-state index in [0.717, 1.165) is 5.75 Å². The molecule has 0 aliphatic rings. The van der Waals surface area contributed by atoms with Gasteiger partial charge in [0.2, 0.25) is 0 Å². The van der Waals surface area contributed by atoms with E-state index in [1.54, 1.807) is 23.2 Å². The highest BCUT2D eigenvalue weighted by Gasteiger charge is 2.22. The predicted molar refractivity (Wildman–Crippen MR) is 97.4 cm³/mol. The summed E-state index contributed by atoms with van der Waals surface area (Å²) in [4.78, 5) is 2.40. The standard InChI is InChI=1S/C18H15BOS2/c1-4-10-16(11-5-1)20-19(21-17-12-6-2-7-13-17)22-18-14-8-3-9-15-18/h1-15H. The topological polar surface area (TPSA) is 9.23 Å². The Balaban J connectivity index is 1.75. The number of benzene rings is 3. The van der Waals surface area contributed by atoms with Crippen LogP contribution in [0.2, 0.25) is 0 Å². The summed E-state index contributed by atoms with van der Waals surface area (Å²) >= 11 is 3.44. The van der Waals surface area contributed by atoms with E-state index >= 15 is 0 Å². The molecule has 0 aromatic heterocycles. The van der Waals surface area contributed by atoms with Crippen molar-refractivity contribution < 1.29 is 4.65 Å². The van der Waals surface area contributed by atoms with Gasteiger partial charge in [-0.05, 0) is 36.4 Å². The molecule has 108 valence electrons. The van der Waals surface area contributed by atoms with Crippen LogP contribution in [0.5, 0.6) is 5.75 Å². The first-order valence-corrected chi connectivity index (χ1v) is 8.81. The molecule has 0 aliphatic heterocycles. The van der Waals surface area contributed by atoms with Crippen LogP contribution in [0.15, 0.2) is 101 Å². The van der Waals surface area contributed by atoms with Gasteiger partial charge in [0.25, 0.3) is 0 Å². The van der Waals surface area contributed by atoms with Crippen molar-refractivity contribution in [3.8, 4) is 5.75 Å². The number of hydrogen-bond acceptors (Lipinski definition) is 3. The smallest absolute Gasteiger partial charge is 0.508 e. The summed E-state index contributed by atoms with van der Waals surface area (Å²) in [6.45, 7) is 0. The van der Waals surface area contributed by atoms with Crippen molar-refractivity contribution in [2.24, 2.45) is 0 Å². The molecule has 0 aliphatic carbocycles. The fourth-order valence-corrected chi connectivity index (χ4v) is 4.15. The van der Waals surface area contributed by atoms with Gasteiger partial charge in [0.15, 0.2) is 0 Å². The van der Waals surface area contributed by atoms with E-state index in [1.165, 1.54) is 9.79 Å². The maximum Gasteiger partial charge on any atom is 0.508 e. The molecule has 0 fully saturated rings. The maximum atomic E-state index is 6.15. The van der Waals surface area contributed by atoms with E-state index in [1.807, 2.05) is 42.5 Å². The van der Waals surface area contributed by atoms with E-state index in [-0.39, 0.29) is 5.47 Å². The van der Waals surface area contributed by atoms with Crippen LogP contribution in [-0.2, 0) is 0 Å². The van der Waals surface area contributed by atoms with Crippen LogP contribution in [-0.4, -0.2) is 5.47 Å². The van der Waals surface area contributed by atoms with Gasteiger partial charge in [0.05, 0.1) is 5.75 Å². The normalized spacial score (nSPS) is 10.2. The van der Waals surface area contributed by atoms with Gasteiger partial charge in [0.1, 0.15) is 0 Å². The van der Waals surface area contributed by atoms with Crippen LogP contribution in [0.1, 0.15) is 0 Å². The molecule has 1 nitrogen and oxygen atoms in total. The number of para-hydroxylation sites is 1. The zero-order chi connectivity index (χ0) is 15.0. The fourth-order valence-electron chi connectivity index (χ4n) is 1.90. The van der Waals surface area contributed by atoms with Crippen molar-refractivity contribution in [1.29, 1.82) is 0 Å². The second kappa shape index (κ2) is 8.02. The van der Waals surface area contributed by atoms with Crippen molar-refractivity contribution >= 4 is 28.7 Å². The molecule has 4 heteroatoms. The monoisotopic (exact) mass is 322 g/mol. The maximum absolute atomic E-state index is 6.15. The minimum atomic E-state index is -0.0350. The molecule has 3 aromatic rings. The van der Waals surface area contributed by atoms with Crippen LogP contribution in [0.3, 0.4) is 0 Å². The molecule has 0 saturated carbocycles. The van der Waals surface area contributed by atoms with E-state index in [2.05, 4.69) is 48.5 Å². The number of rotatable bonds is 6. The van der Waals surface area contributed by atoms with Gasteiger partial charge >= 0.3 is 5.47 Å². The predicted octanol–water partition coefficient (Wildman–Crippen LogP) is 5.63. The summed E-state index contributed by atoms with van der Waals surface area (Å²) in [5, 5.41) is 0. The summed E-state index contributed by atoms with van der Waals surface area (Å²) in [5.74, 6) is 0.888. The first-order chi connectivity index (χ1) is 10.9. The molecule has 0 radical (unpaired) electrons. The summed E-state index contributed by atoms with van der Waals surface area (Å²) in [6, 6.07) is 30.7. The lowest BCUT2D eigenvalue weighted by atomic mass is 10.3. The van der Waals surface area contributed by atoms with Gasteiger partial charge in [0, 0.05) is 9.79 Å². The lowest BCUT2D eigenvalue weighted by Crippen LogP contribution is -2.13. The Morgan fingerprint density at radius 3 is 1.41 bits per heavy atom. The molecule has 0 unspecified atom stereocenters. The molecule has 0 heterocycles. The molecule has 22 heavy (non-hydrogen) atoms. The van der Waals surface area contributed by atoms with Crippen LogP contribution in [0.25, 0.3) is 0 Å². The van der Waals surface area contributed by atoms with Gasteiger partial charge in [-0.15, -0.1) is 23.2 Å². The highest BCUT2D eigenvalue weighted by atomic mass is 32.2. The zero-order valence-corrected chi connectivity index (χ0v) is 13.6. The molecule has 0 atom stereocenters. The second-order valence-electron chi connectivity index (χ2n) is 4.58. The van der Waals surface area contributed by atoms with E-state index in [9.17, 15) is 0 Å². The lowest BCUT2D eigenvalue weighted by molar-refractivity contribution is 0.606. The minimum absolute atomic E-state index is 0.0350. The Hall–Kier alpha value is -1.78. The second-order valence-corrected chi connectivity index (χ2v) is 7.15. The number of hydrogen-bond donors (Lipinski definition) is 0. The Morgan fingerprint density at radius 2 is 0.955 bits per heavy atom. The highest BCUT2D eigenvalue weighted by Crippen LogP contribution is 2.33.